The lowest BCUT2D eigenvalue weighted by Gasteiger charge is -2.07. The molecule has 0 bridgehead atoms. The summed E-state index contributed by atoms with van der Waals surface area (Å²) in [5.41, 5.74) is 2.45. The fourth-order valence-corrected chi connectivity index (χ4v) is 2.75. The van der Waals surface area contributed by atoms with Gasteiger partial charge in [0, 0.05) is 6.42 Å². The van der Waals surface area contributed by atoms with Crippen molar-refractivity contribution in [3.63, 3.8) is 0 Å². The van der Waals surface area contributed by atoms with Crippen LogP contribution in [0.25, 0.3) is 11.1 Å². The van der Waals surface area contributed by atoms with Crippen molar-refractivity contribution in [2.24, 2.45) is 0 Å². The van der Waals surface area contributed by atoms with E-state index in [1.165, 1.54) is 36.8 Å². The van der Waals surface area contributed by atoms with E-state index >= 15 is 0 Å². The second-order valence-electron chi connectivity index (χ2n) is 6.31. The van der Waals surface area contributed by atoms with Gasteiger partial charge >= 0.3 is 0 Å². The average molecular weight is 324 g/mol. The normalized spacial score (nSPS) is 10.5. The third-order valence-electron chi connectivity index (χ3n) is 4.15. The number of benzene rings is 2. The lowest BCUT2D eigenvalue weighted by molar-refractivity contribution is -0.117. The standard InChI is InChI=1S/C22H28O2/c1-19(23)11-7-4-2-3-5-10-18-24-22-16-14-21(15-17-22)20-12-8-6-9-13-20/h6,8-9,12-17H,2-5,7,10-11,18H2,1H3. The van der Waals surface area contributed by atoms with Crippen molar-refractivity contribution >= 4 is 5.78 Å². The van der Waals surface area contributed by atoms with E-state index in [4.69, 9.17) is 4.74 Å². The molecular formula is C22H28O2. The zero-order chi connectivity index (χ0) is 17.0. The highest BCUT2D eigenvalue weighted by Gasteiger charge is 1.99. The minimum Gasteiger partial charge on any atom is -0.494 e. The molecule has 0 heterocycles. The molecule has 0 saturated heterocycles. The number of carbonyl (C=O) groups is 1. The summed E-state index contributed by atoms with van der Waals surface area (Å²) in [7, 11) is 0. The van der Waals surface area contributed by atoms with Gasteiger partial charge in [-0.2, -0.15) is 0 Å². The number of ketones is 1. The molecule has 0 saturated carbocycles. The van der Waals surface area contributed by atoms with E-state index in [9.17, 15) is 4.79 Å². The van der Waals surface area contributed by atoms with Crippen LogP contribution in [0.1, 0.15) is 51.9 Å². The summed E-state index contributed by atoms with van der Waals surface area (Å²) in [5.74, 6) is 1.25. The second-order valence-corrected chi connectivity index (χ2v) is 6.31. The molecule has 24 heavy (non-hydrogen) atoms. The zero-order valence-electron chi connectivity index (χ0n) is 14.7. The van der Waals surface area contributed by atoms with Crippen LogP contribution < -0.4 is 4.74 Å². The van der Waals surface area contributed by atoms with E-state index in [0.717, 1.165) is 31.6 Å². The molecule has 0 spiro atoms. The summed E-state index contributed by atoms with van der Waals surface area (Å²) in [6, 6.07) is 18.7. The Morgan fingerprint density at radius 3 is 2.00 bits per heavy atom. The third kappa shape index (κ3) is 6.99. The summed E-state index contributed by atoms with van der Waals surface area (Å²) >= 11 is 0. The molecule has 0 fully saturated rings. The van der Waals surface area contributed by atoms with E-state index in [2.05, 4.69) is 36.4 Å². The first kappa shape index (κ1) is 18.3. The maximum atomic E-state index is 10.8. The largest absolute Gasteiger partial charge is 0.494 e. The molecule has 0 atom stereocenters. The highest BCUT2D eigenvalue weighted by atomic mass is 16.5. The lowest BCUT2D eigenvalue weighted by atomic mass is 10.1. The van der Waals surface area contributed by atoms with E-state index in [1.54, 1.807) is 6.92 Å². The monoisotopic (exact) mass is 324 g/mol. The Balaban J connectivity index is 1.57. The van der Waals surface area contributed by atoms with Gasteiger partial charge in [-0.1, -0.05) is 68.1 Å². The molecule has 2 heteroatoms. The van der Waals surface area contributed by atoms with Crippen LogP contribution >= 0.6 is 0 Å². The highest BCUT2D eigenvalue weighted by Crippen LogP contribution is 2.22. The number of carbonyl (C=O) groups excluding carboxylic acids is 1. The van der Waals surface area contributed by atoms with Gasteiger partial charge in [-0.25, -0.2) is 0 Å². The quantitative estimate of drug-likeness (QED) is 0.470. The Hall–Kier alpha value is -2.09. The Bertz CT molecular complexity index is 587. The topological polar surface area (TPSA) is 26.3 Å². The van der Waals surface area contributed by atoms with Crippen LogP contribution in [0.5, 0.6) is 5.75 Å². The van der Waals surface area contributed by atoms with Gasteiger partial charge in [-0.15, -0.1) is 0 Å². The van der Waals surface area contributed by atoms with Gasteiger partial charge in [-0.3, -0.25) is 0 Å². The predicted octanol–water partition coefficient (Wildman–Crippen LogP) is 6.05. The maximum Gasteiger partial charge on any atom is 0.129 e. The van der Waals surface area contributed by atoms with Crippen LogP contribution in [0.4, 0.5) is 0 Å². The minimum atomic E-state index is 0.307. The van der Waals surface area contributed by atoms with Crippen molar-refractivity contribution in [3.8, 4) is 16.9 Å². The van der Waals surface area contributed by atoms with Gasteiger partial charge in [0.25, 0.3) is 0 Å². The smallest absolute Gasteiger partial charge is 0.129 e. The molecule has 128 valence electrons. The number of unbranched alkanes of at least 4 members (excludes halogenated alkanes) is 5. The van der Waals surface area contributed by atoms with Gasteiger partial charge in [0.1, 0.15) is 11.5 Å². The third-order valence-corrected chi connectivity index (χ3v) is 4.15. The first-order valence-corrected chi connectivity index (χ1v) is 9.03. The fraction of sp³-hybridized carbons (Fsp3) is 0.409. The number of rotatable bonds is 11. The van der Waals surface area contributed by atoms with Crippen molar-refractivity contribution in [1.29, 1.82) is 0 Å². The Kier molecular flexibility index (Phi) is 8.09. The molecule has 0 N–H and O–H groups in total. The molecule has 2 aromatic rings. The molecule has 0 radical (unpaired) electrons. The van der Waals surface area contributed by atoms with Crippen LogP contribution in [0.3, 0.4) is 0 Å². The number of ether oxygens (including phenoxy) is 1. The van der Waals surface area contributed by atoms with Gasteiger partial charge in [0.05, 0.1) is 6.61 Å². The van der Waals surface area contributed by atoms with Crippen molar-refractivity contribution < 1.29 is 9.53 Å². The summed E-state index contributed by atoms with van der Waals surface area (Å²) in [6.45, 7) is 2.45. The highest BCUT2D eigenvalue weighted by molar-refractivity contribution is 5.75. The molecule has 2 nitrogen and oxygen atoms in total. The first-order valence-electron chi connectivity index (χ1n) is 9.03. The summed E-state index contributed by atoms with van der Waals surface area (Å²) in [4.78, 5) is 10.8. The van der Waals surface area contributed by atoms with E-state index in [0.29, 0.717) is 5.78 Å². The van der Waals surface area contributed by atoms with Crippen LogP contribution in [0, 0.1) is 0 Å². The van der Waals surface area contributed by atoms with Crippen LogP contribution in [-0.4, -0.2) is 12.4 Å². The zero-order valence-corrected chi connectivity index (χ0v) is 14.7. The summed E-state index contributed by atoms with van der Waals surface area (Å²) in [6.07, 6.45) is 7.69. The Morgan fingerprint density at radius 2 is 1.33 bits per heavy atom. The van der Waals surface area contributed by atoms with Crippen molar-refractivity contribution in [3.05, 3.63) is 54.6 Å². The van der Waals surface area contributed by atoms with E-state index < -0.39 is 0 Å². The van der Waals surface area contributed by atoms with Crippen molar-refractivity contribution in [2.45, 2.75) is 51.9 Å². The molecule has 0 unspecified atom stereocenters. The molecule has 2 rings (SSSR count). The van der Waals surface area contributed by atoms with E-state index in [-0.39, 0.29) is 0 Å². The van der Waals surface area contributed by atoms with Gasteiger partial charge < -0.3 is 9.53 Å². The lowest BCUT2D eigenvalue weighted by Crippen LogP contribution is -1.97. The molecule has 0 aliphatic rings. The van der Waals surface area contributed by atoms with Crippen molar-refractivity contribution in [1.82, 2.24) is 0 Å². The fourth-order valence-electron chi connectivity index (χ4n) is 2.75. The van der Waals surface area contributed by atoms with Crippen LogP contribution in [0.15, 0.2) is 54.6 Å². The molecule has 0 aromatic heterocycles. The molecule has 2 aromatic carbocycles. The average Bonchev–Trinajstić information content (AvgIpc) is 2.61. The first-order chi connectivity index (χ1) is 11.8. The molecule has 0 aliphatic carbocycles. The molecular weight excluding hydrogens is 296 g/mol. The summed E-state index contributed by atoms with van der Waals surface area (Å²) < 4.78 is 5.81. The molecule has 0 amide bonds. The number of Topliss-reactive ketones (excluding diaryl/α,β-unsaturated/α-hetero) is 1. The van der Waals surface area contributed by atoms with Gasteiger partial charge in [0.15, 0.2) is 0 Å². The number of hydrogen-bond acceptors (Lipinski definition) is 2. The van der Waals surface area contributed by atoms with Gasteiger partial charge in [-0.05, 0) is 43.0 Å². The minimum absolute atomic E-state index is 0.307. The SMILES string of the molecule is CC(=O)CCCCCCCCOc1ccc(-c2ccccc2)cc1. The Labute approximate surface area is 145 Å². The van der Waals surface area contributed by atoms with E-state index in [1.807, 2.05) is 18.2 Å². The predicted molar refractivity (Wildman–Crippen MR) is 100 cm³/mol. The van der Waals surface area contributed by atoms with Crippen molar-refractivity contribution in [2.75, 3.05) is 6.61 Å². The van der Waals surface area contributed by atoms with Gasteiger partial charge in [0.2, 0.25) is 0 Å². The van der Waals surface area contributed by atoms with Crippen LogP contribution in [0.2, 0.25) is 0 Å². The summed E-state index contributed by atoms with van der Waals surface area (Å²) in [5, 5.41) is 0. The maximum absolute atomic E-state index is 10.8. The van der Waals surface area contributed by atoms with Crippen LogP contribution in [-0.2, 0) is 4.79 Å². The Morgan fingerprint density at radius 1 is 0.750 bits per heavy atom. The molecule has 0 aliphatic heterocycles. The second kappa shape index (κ2) is 10.6. The number of hydrogen-bond donors (Lipinski definition) is 0.